The molecule has 0 aliphatic carbocycles. The number of ketones is 2. The van der Waals surface area contributed by atoms with Crippen LogP contribution in [-0.4, -0.2) is 35.6 Å². The Bertz CT molecular complexity index is 681. The number of halogens is 1. The minimum Gasteiger partial charge on any atom is -0.487 e. The summed E-state index contributed by atoms with van der Waals surface area (Å²) in [6.07, 6.45) is -1.31. The van der Waals surface area contributed by atoms with E-state index in [1.54, 1.807) is 31.2 Å². The van der Waals surface area contributed by atoms with Gasteiger partial charge in [0, 0.05) is 6.42 Å². The quantitative estimate of drug-likeness (QED) is 0.463. The van der Waals surface area contributed by atoms with Crippen LogP contribution in [0.2, 0.25) is 0 Å². The van der Waals surface area contributed by atoms with E-state index in [0.717, 1.165) is 0 Å². The van der Waals surface area contributed by atoms with Gasteiger partial charge in [-0.2, -0.15) is 5.26 Å². The first kappa shape index (κ1) is 17.0. The molecule has 0 fully saturated rings. The number of hydrogen-bond acceptors (Lipinski definition) is 6. The lowest BCUT2D eigenvalue weighted by Crippen LogP contribution is -2.40. The molecule has 1 aliphatic rings. The van der Waals surface area contributed by atoms with Gasteiger partial charge < -0.3 is 9.47 Å². The Morgan fingerprint density at radius 3 is 2.78 bits per heavy atom. The number of Topliss-reactive ketones (excluding diaryl/α,β-unsaturated/α-hetero) is 2. The monoisotopic (exact) mass is 335 g/mol. The highest BCUT2D eigenvalue weighted by molar-refractivity contribution is 6.41. The molecule has 1 aliphatic heterocycles. The SMILES string of the molecule is CCOC(=O)C(Cl)C(=O)CC1Oc2ccccc2C(=O)C1C#N. The Morgan fingerprint density at radius 1 is 1.43 bits per heavy atom. The molecule has 0 saturated carbocycles. The predicted octanol–water partition coefficient (Wildman–Crippen LogP) is 1.90. The largest absolute Gasteiger partial charge is 0.487 e. The number of esters is 1. The summed E-state index contributed by atoms with van der Waals surface area (Å²) in [4.78, 5) is 35.9. The Labute approximate surface area is 137 Å². The summed E-state index contributed by atoms with van der Waals surface area (Å²) >= 11 is 5.76. The summed E-state index contributed by atoms with van der Waals surface area (Å²) in [6, 6.07) is 8.34. The Balaban J connectivity index is 2.17. The van der Waals surface area contributed by atoms with Crippen molar-refractivity contribution in [3.05, 3.63) is 29.8 Å². The third-order valence-corrected chi connectivity index (χ3v) is 3.82. The van der Waals surface area contributed by atoms with Gasteiger partial charge in [0.2, 0.25) is 0 Å². The molecule has 1 heterocycles. The van der Waals surface area contributed by atoms with Crippen LogP contribution in [0, 0.1) is 17.2 Å². The van der Waals surface area contributed by atoms with E-state index in [9.17, 15) is 19.6 Å². The van der Waals surface area contributed by atoms with Crippen molar-refractivity contribution in [2.75, 3.05) is 6.61 Å². The topological polar surface area (TPSA) is 93.5 Å². The van der Waals surface area contributed by atoms with E-state index < -0.39 is 34.9 Å². The third-order valence-electron chi connectivity index (χ3n) is 3.40. The van der Waals surface area contributed by atoms with Crippen molar-refractivity contribution in [1.29, 1.82) is 5.26 Å². The molecule has 0 saturated heterocycles. The van der Waals surface area contributed by atoms with Gasteiger partial charge in [-0.15, -0.1) is 11.6 Å². The Kier molecular flexibility index (Phi) is 5.35. The third kappa shape index (κ3) is 3.51. The lowest BCUT2D eigenvalue weighted by Gasteiger charge is -2.28. The van der Waals surface area contributed by atoms with Gasteiger partial charge >= 0.3 is 5.97 Å². The summed E-state index contributed by atoms with van der Waals surface area (Å²) in [5, 5.41) is 7.73. The fraction of sp³-hybridized carbons (Fsp3) is 0.375. The number of nitriles is 1. The van der Waals surface area contributed by atoms with Gasteiger partial charge in [0.1, 0.15) is 17.8 Å². The number of carbonyl (C=O) groups excluding carboxylic acids is 3. The second-order valence-corrected chi connectivity index (χ2v) is 5.34. The van der Waals surface area contributed by atoms with E-state index in [2.05, 4.69) is 4.74 Å². The van der Waals surface area contributed by atoms with Crippen LogP contribution in [-0.2, 0) is 14.3 Å². The number of benzene rings is 1. The van der Waals surface area contributed by atoms with Gasteiger partial charge in [0.15, 0.2) is 16.9 Å². The summed E-state index contributed by atoms with van der Waals surface area (Å²) < 4.78 is 10.3. The number of para-hydroxylation sites is 1. The number of hydrogen-bond donors (Lipinski definition) is 0. The van der Waals surface area contributed by atoms with Crippen LogP contribution in [0.3, 0.4) is 0 Å². The highest BCUT2D eigenvalue weighted by Crippen LogP contribution is 2.32. The first-order valence-corrected chi connectivity index (χ1v) is 7.46. The lowest BCUT2D eigenvalue weighted by molar-refractivity contribution is -0.145. The number of carbonyl (C=O) groups is 3. The average molecular weight is 336 g/mol. The van der Waals surface area contributed by atoms with Gasteiger partial charge in [-0.05, 0) is 19.1 Å². The van der Waals surface area contributed by atoms with Crippen molar-refractivity contribution in [3.8, 4) is 11.8 Å². The van der Waals surface area contributed by atoms with Gasteiger partial charge in [0.25, 0.3) is 0 Å². The van der Waals surface area contributed by atoms with E-state index in [4.69, 9.17) is 16.3 Å². The van der Waals surface area contributed by atoms with Crippen LogP contribution < -0.4 is 4.74 Å². The molecule has 1 aromatic carbocycles. The standard InChI is InChI=1S/C16H14ClNO5/c1-2-22-16(21)14(17)11(19)7-13-10(8-18)15(20)9-5-3-4-6-12(9)23-13/h3-6,10,13-14H,2,7H2,1H3. The molecule has 0 amide bonds. The Hall–Kier alpha value is -2.39. The summed E-state index contributed by atoms with van der Waals surface area (Å²) in [7, 11) is 0. The second-order valence-electron chi connectivity index (χ2n) is 4.91. The highest BCUT2D eigenvalue weighted by Gasteiger charge is 2.40. The molecular formula is C16H14ClNO5. The molecule has 1 aromatic rings. The number of ether oxygens (including phenoxy) is 2. The van der Waals surface area contributed by atoms with Crippen LogP contribution in [0.25, 0.3) is 0 Å². The molecule has 0 spiro atoms. The Morgan fingerprint density at radius 2 is 2.13 bits per heavy atom. The maximum Gasteiger partial charge on any atom is 0.331 e. The van der Waals surface area contributed by atoms with Crippen LogP contribution >= 0.6 is 11.6 Å². The fourth-order valence-electron chi connectivity index (χ4n) is 2.29. The van der Waals surface area contributed by atoms with Crippen LogP contribution in [0.5, 0.6) is 5.75 Å². The summed E-state index contributed by atoms with van der Waals surface area (Å²) in [5.74, 6) is -2.73. The van der Waals surface area contributed by atoms with E-state index in [1.165, 1.54) is 0 Å². The van der Waals surface area contributed by atoms with E-state index in [0.29, 0.717) is 11.3 Å². The number of fused-ring (bicyclic) bond motifs is 1. The maximum absolute atomic E-state index is 12.3. The van der Waals surface area contributed by atoms with Gasteiger partial charge in [-0.25, -0.2) is 4.79 Å². The second kappa shape index (κ2) is 7.25. The highest BCUT2D eigenvalue weighted by atomic mass is 35.5. The summed E-state index contributed by atoms with van der Waals surface area (Å²) in [5.41, 5.74) is 0.301. The maximum atomic E-state index is 12.3. The van der Waals surface area contributed by atoms with E-state index in [-0.39, 0.29) is 13.0 Å². The smallest absolute Gasteiger partial charge is 0.331 e. The van der Waals surface area contributed by atoms with Crippen LogP contribution in [0.15, 0.2) is 24.3 Å². The predicted molar refractivity (Wildman–Crippen MR) is 80.2 cm³/mol. The number of nitrogens with zero attached hydrogens (tertiary/aromatic N) is 1. The summed E-state index contributed by atoms with van der Waals surface area (Å²) in [6.45, 7) is 1.69. The zero-order valence-corrected chi connectivity index (χ0v) is 13.1. The van der Waals surface area contributed by atoms with Crippen LogP contribution in [0.4, 0.5) is 0 Å². The normalized spacial score (nSPS) is 20.7. The molecule has 7 heteroatoms. The fourth-order valence-corrected chi connectivity index (χ4v) is 2.44. The van der Waals surface area contributed by atoms with Gasteiger partial charge in [-0.1, -0.05) is 12.1 Å². The van der Waals surface area contributed by atoms with Crippen molar-refractivity contribution in [1.82, 2.24) is 0 Å². The van der Waals surface area contributed by atoms with Crippen molar-refractivity contribution in [2.45, 2.75) is 24.8 Å². The van der Waals surface area contributed by atoms with E-state index >= 15 is 0 Å². The molecule has 6 nitrogen and oxygen atoms in total. The minimum absolute atomic E-state index is 0.0992. The first-order valence-electron chi connectivity index (χ1n) is 7.02. The molecule has 0 N–H and O–H groups in total. The van der Waals surface area contributed by atoms with Crippen LogP contribution in [0.1, 0.15) is 23.7 Å². The van der Waals surface area contributed by atoms with Crippen molar-refractivity contribution in [2.24, 2.45) is 5.92 Å². The molecular weight excluding hydrogens is 322 g/mol. The van der Waals surface area contributed by atoms with Crippen molar-refractivity contribution < 1.29 is 23.9 Å². The molecule has 0 bridgehead atoms. The molecule has 3 unspecified atom stereocenters. The molecule has 120 valence electrons. The van der Waals surface area contributed by atoms with Crippen molar-refractivity contribution in [3.63, 3.8) is 0 Å². The molecule has 0 aromatic heterocycles. The number of alkyl halides is 1. The molecule has 0 radical (unpaired) electrons. The lowest BCUT2D eigenvalue weighted by atomic mass is 9.87. The van der Waals surface area contributed by atoms with E-state index in [1.807, 2.05) is 6.07 Å². The first-order chi connectivity index (χ1) is 11.0. The van der Waals surface area contributed by atoms with Gasteiger partial charge in [0.05, 0.1) is 18.2 Å². The van der Waals surface area contributed by atoms with Gasteiger partial charge in [-0.3, -0.25) is 9.59 Å². The number of rotatable bonds is 5. The molecule has 2 rings (SSSR count). The molecule has 23 heavy (non-hydrogen) atoms. The minimum atomic E-state index is -1.48. The molecule has 3 atom stereocenters. The zero-order valence-electron chi connectivity index (χ0n) is 12.3. The zero-order chi connectivity index (χ0) is 17.0. The van der Waals surface area contributed by atoms with Crippen molar-refractivity contribution >= 4 is 29.1 Å². The average Bonchev–Trinajstić information content (AvgIpc) is 2.54.